The molecule has 0 spiro atoms. The normalized spacial score (nSPS) is 10.6. The van der Waals surface area contributed by atoms with Gasteiger partial charge in [0.2, 0.25) is 11.1 Å². The number of hydrogen-bond acceptors (Lipinski definition) is 6. The number of thioether (sulfide) groups is 1. The first kappa shape index (κ1) is 22.6. The van der Waals surface area contributed by atoms with Crippen LogP contribution in [0.15, 0.2) is 78.0 Å². The molecule has 0 radical (unpaired) electrons. The van der Waals surface area contributed by atoms with E-state index in [9.17, 15) is 9.59 Å². The topological polar surface area (TPSA) is 97.0 Å². The predicted molar refractivity (Wildman–Crippen MR) is 129 cm³/mol. The van der Waals surface area contributed by atoms with Gasteiger partial charge >= 0.3 is 0 Å². The molecule has 4 aromatic rings. The Bertz CT molecular complexity index is 1280. The molecule has 1 amide bonds. The molecule has 0 saturated heterocycles. The van der Waals surface area contributed by atoms with Gasteiger partial charge in [0.1, 0.15) is 5.75 Å². The second kappa shape index (κ2) is 10.3. The fraction of sp³-hybridized carbons (Fsp3) is 0.0833. The number of nitrogens with one attached hydrogen (secondary N) is 2. The Balaban J connectivity index is 1.41. The number of aromatic nitrogens is 3. The molecular weight excluding hydrogens is 460 g/mol. The molecule has 33 heavy (non-hydrogen) atoms. The van der Waals surface area contributed by atoms with E-state index in [0.717, 1.165) is 11.3 Å². The van der Waals surface area contributed by atoms with E-state index in [0.29, 0.717) is 32.8 Å². The summed E-state index contributed by atoms with van der Waals surface area (Å²) >= 11 is 7.28. The molecule has 0 unspecified atom stereocenters. The zero-order valence-corrected chi connectivity index (χ0v) is 19.1. The van der Waals surface area contributed by atoms with Crippen LogP contribution in [0.2, 0.25) is 5.02 Å². The molecule has 0 saturated carbocycles. The lowest BCUT2D eigenvalue weighted by Crippen LogP contribution is -2.17. The number of carbonyl (C=O) groups is 2. The molecule has 0 aliphatic carbocycles. The highest BCUT2D eigenvalue weighted by atomic mass is 35.5. The number of anilines is 1. The van der Waals surface area contributed by atoms with E-state index in [4.69, 9.17) is 16.3 Å². The minimum atomic E-state index is -0.291. The minimum Gasteiger partial charge on any atom is -0.497 e. The summed E-state index contributed by atoms with van der Waals surface area (Å²) in [6, 6.07) is 21.0. The fourth-order valence-electron chi connectivity index (χ4n) is 3.06. The van der Waals surface area contributed by atoms with Gasteiger partial charge in [-0.3, -0.25) is 14.7 Å². The minimum absolute atomic E-state index is 0.0709. The molecule has 0 fully saturated rings. The van der Waals surface area contributed by atoms with E-state index in [-0.39, 0.29) is 17.4 Å². The van der Waals surface area contributed by atoms with Gasteiger partial charge in [0.05, 0.1) is 18.6 Å². The lowest BCUT2D eigenvalue weighted by Gasteiger charge is -2.11. The van der Waals surface area contributed by atoms with Crippen LogP contribution in [0.25, 0.3) is 11.4 Å². The summed E-state index contributed by atoms with van der Waals surface area (Å²) in [6.07, 6.45) is 0. The zero-order valence-electron chi connectivity index (χ0n) is 17.5. The highest BCUT2D eigenvalue weighted by Crippen LogP contribution is 2.25. The van der Waals surface area contributed by atoms with Gasteiger partial charge in [-0.2, -0.15) is 0 Å². The first-order valence-corrected chi connectivity index (χ1v) is 11.3. The molecule has 9 heteroatoms. The molecule has 0 aliphatic heterocycles. The first-order valence-electron chi connectivity index (χ1n) is 9.92. The maximum absolute atomic E-state index is 12.9. The molecule has 0 bridgehead atoms. The monoisotopic (exact) mass is 478 g/mol. The number of aromatic amines is 1. The summed E-state index contributed by atoms with van der Waals surface area (Å²) in [7, 11) is 1.60. The first-order chi connectivity index (χ1) is 16.0. The number of H-pyrrole nitrogens is 1. The van der Waals surface area contributed by atoms with Gasteiger partial charge in [-0.15, -0.1) is 5.10 Å². The van der Waals surface area contributed by atoms with Crippen molar-refractivity contribution in [2.24, 2.45) is 0 Å². The maximum atomic E-state index is 12.9. The summed E-state index contributed by atoms with van der Waals surface area (Å²) in [5, 5.41) is 10.7. The third-order valence-corrected chi connectivity index (χ3v) is 5.78. The van der Waals surface area contributed by atoms with Crippen molar-refractivity contribution in [2.45, 2.75) is 5.16 Å². The molecule has 1 heterocycles. The van der Waals surface area contributed by atoms with E-state index >= 15 is 0 Å². The van der Waals surface area contributed by atoms with E-state index in [1.807, 2.05) is 30.3 Å². The quantitative estimate of drug-likeness (QED) is 0.270. The third-order valence-electron chi connectivity index (χ3n) is 4.70. The van der Waals surface area contributed by atoms with Gasteiger partial charge in [0, 0.05) is 21.7 Å². The van der Waals surface area contributed by atoms with Gasteiger partial charge in [-0.25, -0.2) is 4.98 Å². The van der Waals surface area contributed by atoms with Crippen molar-refractivity contribution in [1.29, 1.82) is 0 Å². The van der Waals surface area contributed by atoms with E-state index in [1.54, 1.807) is 49.6 Å². The lowest BCUT2D eigenvalue weighted by atomic mass is 10.0. The highest BCUT2D eigenvalue weighted by molar-refractivity contribution is 7.99. The molecule has 7 nitrogen and oxygen atoms in total. The van der Waals surface area contributed by atoms with E-state index in [1.165, 1.54) is 11.8 Å². The molecule has 2 N–H and O–H groups in total. The number of amides is 1. The number of methoxy groups -OCH3 is 1. The van der Waals surface area contributed by atoms with Gasteiger partial charge in [0.25, 0.3) is 0 Å². The second-order valence-corrected chi connectivity index (χ2v) is 8.30. The summed E-state index contributed by atoms with van der Waals surface area (Å²) < 4.78 is 5.16. The van der Waals surface area contributed by atoms with Crippen molar-refractivity contribution in [3.8, 4) is 17.1 Å². The van der Waals surface area contributed by atoms with Crippen LogP contribution in [-0.2, 0) is 4.79 Å². The van der Waals surface area contributed by atoms with Crippen LogP contribution in [0.4, 0.5) is 5.69 Å². The fourth-order valence-corrected chi connectivity index (χ4v) is 3.83. The van der Waals surface area contributed by atoms with Crippen LogP contribution >= 0.6 is 23.4 Å². The Kier molecular flexibility index (Phi) is 7.07. The number of ether oxygens (including phenoxy) is 1. The number of benzene rings is 3. The lowest BCUT2D eigenvalue weighted by molar-refractivity contribution is -0.113. The van der Waals surface area contributed by atoms with Crippen LogP contribution in [-0.4, -0.2) is 39.7 Å². The Morgan fingerprint density at radius 3 is 2.55 bits per heavy atom. The van der Waals surface area contributed by atoms with Gasteiger partial charge in [-0.05, 0) is 42.5 Å². The average Bonchev–Trinajstić information content (AvgIpc) is 3.33. The number of carbonyl (C=O) groups excluding carboxylic acids is 2. The Morgan fingerprint density at radius 1 is 1.06 bits per heavy atom. The van der Waals surface area contributed by atoms with Crippen molar-refractivity contribution in [3.63, 3.8) is 0 Å². The van der Waals surface area contributed by atoms with Gasteiger partial charge in [-0.1, -0.05) is 53.7 Å². The van der Waals surface area contributed by atoms with Crippen molar-refractivity contribution >= 4 is 40.7 Å². The van der Waals surface area contributed by atoms with E-state index in [2.05, 4.69) is 20.5 Å². The second-order valence-electron chi connectivity index (χ2n) is 6.92. The van der Waals surface area contributed by atoms with E-state index < -0.39 is 0 Å². The molecule has 0 aliphatic rings. The standard InChI is InChI=1S/C24H19ClN4O3S/c1-32-18-10-7-16(8-11-18)23-27-24(29-28-23)33-14-21(30)26-20-12-9-17(25)13-19(20)22(31)15-5-3-2-4-6-15/h2-13H,14H2,1H3,(H,26,30)(H,27,28,29). The Hall–Kier alpha value is -3.62. The van der Waals surface area contributed by atoms with Crippen molar-refractivity contribution in [1.82, 2.24) is 15.2 Å². The number of halogens is 1. The van der Waals surface area contributed by atoms with Crippen molar-refractivity contribution in [3.05, 3.63) is 88.9 Å². The molecule has 3 aromatic carbocycles. The summed E-state index contributed by atoms with van der Waals surface area (Å²) in [6.45, 7) is 0. The SMILES string of the molecule is COc1ccc(-c2nc(SCC(=O)Nc3ccc(Cl)cc3C(=O)c3ccccc3)n[nH]2)cc1. The van der Waals surface area contributed by atoms with Crippen LogP contribution in [0.3, 0.4) is 0 Å². The van der Waals surface area contributed by atoms with Crippen LogP contribution in [0.1, 0.15) is 15.9 Å². The number of ketones is 1. The Labute approximate surface area is 199 Å². The Morgan fingerprint density at radius 2 is 1.82 bits per heavy atom. The van der Waals surface area contributed by atoms with Crippen LogP contribution < -0.4 is 10.1 Å². The van der Waals surface area contributed by atoms with Crippen LogP contribution in [0.5, 0.6) is 5.75 Å². The van der Waals surface area contributed by atoms with Crippen molar-refractivity contribution < 1.29 is 14.3 Å². The smallest absolute Gasteiger partial charge is 0.234 e. The zero-order chi connectivity index (χ0) is 23.2. The number of nitrogens with zero attached hydrogens (tertiary/aromatic N) is 2. The maximum Gasteiger partial charge on any atom is 0.234 e. The molecule has 166 valence electrons. The van der Waals surface area contributed by atoms with Gasteiger partial charge < -0.3 is 10.1 Å². The molecule has 4 rings (SSSR count). The highest BCUT2D eigenvalue weighted by Gasteiger charge is 2.17. The largest absolute Gasteiger partial charge is 0.497 e. The number of hydrogen-bond donors (Lipinski definition) is 2. The summed E-state index contributed by atoms with van der Waals surface area (Å²) in [5.41, 5.74) is 2.08. The van der Waals surface area contributed by atoms with Crippen molar-refractivity contribution in [2.75, 3.05) is 18.2 Å². The summed E-state index contributed by atoms with van der Waals surface area (Å²) in [5.74, 6) is 0.895. The molecule has 0 atom stereocenters. The third kappa shape index (κ3) is 5.60. The van der Waals surface area contributed by atoms with Gasteiger partial charge in [0.15, 0.2) is 11.6 Å². The average molecular weight is 479 g/mol. The number of rotatable bonds is 8. The summed E-state index contributed by atoms with van der Waals surface area (Å²) in [4.78, 5) is 29.9. The predicted octanol–water partition coefficient (Wildman–Crippen LogP) is 5.10. The molecular formula is C24H19ClN4O3S. The van der Waals surface area contributed by atoms with Crippen LogP contribution in [0, 0.1) is 0 Å². The molecule has 1 aromatic heterocycles.